The second-order valence-electron chi connectivity index (χ2n) is 4.51. The standard InChI is InChI=1S/C15H13N3O3/c16-10-3-6-13-12(7-10)18-14(21-13)8-20-11-4-1-9(2-5-11)15(17)19/h1-7H,8,16H2,(H2,17,19). The molecule has 6 nitrogen and oxygen atoms in total. The van der Waals surface area contributed by atoms with E-state index < -0.39 is 5.91 Å². The third kappa shape index (κ3) is 2.79. The fourth-order valence-electron chi connectivity index (χ4n) is 1.91. The molecule has 1 amide bonds. The predicted molar refractivity (Wildman–Crippen MR) is 77.7 cm³/mol. The number of carbonyl (C=O) groups excluding carboxylic acids is 1. The maximum Gasteiger partial charge on any atom is 0.248 e. The van der Waals surface area contributed by atoms with Gasteiger partial charge in [-0.2, -0.15) is 0 Å². The van der Waals surface area contributed by atoms with E-state index in [0.717, 1.165) is 0 Å². The molecule has 0 atom stereocenters. The van der Waals surface area contributed by atoms with Gasteiger partial charge < -0.3 is 20.6 Å². The molecule has 3 aromatic rings. The number of oxazole rings is 1. The number of fused-ring (bicyclic) bond motifs is 1. The number of rotatable bonds is 4. The highest BCUT2D eigenvalue weighted by molar-refractivity contribution is 5.92. The van der Waals surface area contributed by atoms with Gasteiger partial charge in [0.15, 0.2) is 12.2 Å². The van der Waals surface area contributed by atoms with Crippen LogP contribution in [0.5, 0.6) is 5.75 Å². The quantitative estimate of drug-likeness (QED) is 0.713. The van der Waals surface area contributed by atoms with Crippen molar-refractivity contribution >= 4 is 22.7 Å². The number of aromatic nitrogens is 1. The number of primary amides is 1. The molecule has 6 heteroatoms. The van der Waals surface area contributed by atoms with Gasteiger partial charge in [-0.05, 0) is 42.5 Å². The molecular formula is C15H13N3O3. The number of nitrogens with two attached hydrogens (primary N) is 2. The molecule has 0 bridgehead atoms. The van der Waals surface area contributed by atoms with E-state index in [2.05, 4.69) is 4.98 Å². The molecule has 0 spiro atoms. The van der Waals surface area contributed by atoms with Crippen LogP contribution in [-0.2, 0) is 6.61 Å². The minimum Gasteiger partial charge on any atom is -0.484 e. The normalized spacial score (nSPS) is 10.7. The van der Waals surface area contributed by atoms with E-state index in [4.69, 9.17) is 20.6 Å². The Hall–Kier alpha value is -3.02. The molecule has 0 aliphatic rings. The van der Waals surface area contributed by atoms with Crippen molar-refractivity contribution in [1.29, 1.82) is 0 Å². The summed E-state index contributed by atoms with van der Waals surface area (Å²) in [6.07, 6.45) is 0. The molecule has 0 saturated heterocycles. The number of ether oxygens (including phenoxy) is 1. The molecule has 3 rings (SSSR count). The fourth-order valence-corrected chi connectivity index (χ4v) is 1.91. The lowest BCUT2D eigenvalue weighted by Gasteiger charge is -2.03. The third-order valence-corrected chi connectivity index (χ3v) is 2.96. The lowest BCUT2D eigenvalue weighted by molar-refractivity contribution is 0.1000. The highest BCUT2D eigenvalue weighted by Crippen LogP contribution is 2.20. The van der Waals surface area contributed by atoms with Crippen LogP contribution in [-0.4, -0.2) is 10.9 Å². The summed E-state index contributed by atoms with van der Waals surface area (Å²) in [4.78, 5) is 15.3. The molecule has 2 aromatic carbocycles. The van der Waals surface area contributed by atoms with Crippen molar-refractivity contribution in [2.75, 3.05) is 5.73 Å². The molecule has 1 aromatic heterocycles. The van der Waals surface area contributed by atoms with Crippen LogP contribution in [0.4, 0.5) is 5.69 Å². The molecule has 0 aliphatic carbocycles. The first-order chi connectivity index (χ1) is 10.1. The van der Waals surface area contributed by atoms with Gasteiger partial charge in [0, 0.05) is 11.3 Å². The molecule has 21 heavy (non-hydrogen) atoms. The van der Waals surface area contributed by atoms with Gasteiger partial charge in [-0.1, -0.05) is 0 Å². The number of carbonyl (C=O) groups is 1. The number of hydrogen-bond acceptors (Lipinski definition) is 5. The van der Waals surface area contributed by atoms with Crippen LogP contribution in [0.3, 0.4) is 0 Å². The van der Waals surface area contributed by atoms with E-state index in [0.29, 0.717) is 34.0 Å². The molecule has 0 radical (unpaired) electrons. The van der Waals surface area contributed by atoms with E-state index in [1.807, 2.05) is 0 Å². The largest absolute Gasteiger partial charge is 0.484 e. The molecule has 0 aliphatic heterocycles. The first-order valence-electron chi connectivity index (χ1n) is 6.29. The lowest BCUT2D eigenvalue weighted by Crippen LogP contribution is -2.10. The minimum atomic E-state index is -0.474. The van der Waals surface area contributed by atoms with Crippen LogP contribution >= 0.6 is 0 Å². The number of amides is 1. The van der Waals surface area contributed by atoms with Crippen molar-refractivity contribution in [3.8, 4) is 5.75 Å². The van der Waals surface area contributed by atoms with Gasteiger partial charge in [-0.15, -0.1) is 0 Å². The van der Waals surface area contributed by atoms with E-state index in [1.165, 1.54) is 0 Å². The zero-order chi connectivity index (χ0) is 14.8. The second-order valence-corrected chi connectivity index (χ2v) is 4.51. The first kappa shape index (κ1) is 13.0. The van der Waals surface area contributed by atoms with Gasteiger partial charge in [0.2, 0.25) is 11.8 Å². The average Bonchev–Trinajstić information content (AvgIpc) is 2.87. The predicted octanol–water partition coefficient (Wildman–Crippen LogP) is 2.09. The number of nitrogens with zero attached hydrogens (tertiary/aromatic N) is 1. The second kappa shape index (κ2) is 5.16. The van der Waals surface area contributed by atoms with E-state index in [-0.39, 0.29) is 6.61 Å². The fraction of sp³-hybridized carbons (Fsp3) is 0.0667. The van der Waals surface area contributed by atoms with Gasteiger partial charge >= 0.3 is 0 Å². The Kier molecular flexibility index (Phi) is 3.19. The molecule has 4 N–H and O–H groups in total. The number of nitrogen functional groups attached to an aromatic ring is 1. The van der Waals surface area contributed by atoms with E-state index >= 15 is 0 Å². The summed E-state index contributed by atoms with van der Waals surface area (Å²) in [5.41, 5.74) is 13.3. The van der Waals surface area contributed by atoms with Crippen LogP contribution in [0.1, 0.15) is 16.2 Å². The summed E-state index contributed by atoms with van der Waals surface area (Å²) in [7, 11) is 0. The van der Waals surface area contributed by atoms with Gasteiger partial charge in [0.1, 0.15) is 11.3 Å². The molecule has 1 heterocycles. The van der Waals surface area contributed by atoms with E-state index in [1.54, 1.807) is 42.5 Å². The van der Waals surface area contributed by atoms with Crippen molar-refractivity contribution < 1.29 is 13.9 Å². The first-order valence-corrected chi connectivity index (χ1v) is 6.29. The van der Waals surface area contributed by atoms with Crippen LogP contribution in [0.15, 0.2) is 46.9 Å². The van der Waals surface area contributed by atoms with Crippen molar-refractivity contribution in [3.05, 3.63) is 53.9 Å². The SMILES string of the molecule is NC(=O)c1ccc(OCc2nc3cc(N)ccc3o2)cc1. The maximum absolute atomic E-state index is 11.0. The van der Waals surface area contributed by atoms with Gasteiger partial charge in [0.05, 0.1) is 0 Å². The summed E-state index contributed by atoms with van der Waals surface area (Å²) >= 11 is 0. The third-order valence-electron chi connectivity index (χ3n) is 2.96. The molecule has 0 unspecified atom stereocenters. The van der Waals surface area contributed by atoms with Crippen LogP contribution in [0.25, 0.3) is 11.1 Å². The summed E-state index contributed by atoms with van der Waals surface area (Å²) in [6.45, 7) is 0.185. The molecule has 0 fully saturated rings. The lowest BCUT2D eigenvalue weighted by atomic mass is 10.2. The molecular weight excluding hydrogens is 270 g/mol. The number of benzene rings is 2. The Morgan fingerprint density at radius 3 is 2.67 bits per heavy atom. The highest BCUT2D eigenvalue weighted by atomic mass is 16.5. The number of anilines is 1. The topological polar surface area (TPSA) is 104 Å². The average molecular weight is 283 g/mol. The molecule has 0 saturated carbocycles. The van der Waals surface area contributed by atoms with E-state index in [9.17, 15) is 4.79 Å². The monoisotopic (exact) mass is 283 g/mol. The van der Waals surface area contributed by atoms with Gasteiger partial charge in [0.25, 0.3) is 0 Å². The van der Waals surface area contributed by atoms with Crippen molar-refractivity contribution in [2.24, 2.45) is 5.73 Å². The number of hydrogen-bond donors (Lipinski definition) is 2. The smallest absolute Gasteiger partial charge is 0.248 e. The minimum absolute atomic E-state index is 0.185. The zero-order valence-corrected chi connectivity index (χ0v) is 11.1. The zero-order valence-electron chi connectivity index (χ0n) is 11.1. The van der Waals surface area contributed by atoms with Crippen molar-refractivity contribution in [1.82, 2.24) is 4.98 Å². The van der Waals surface area contributed by atoms with Gasteiger partial charge in [-0.25, -0.2) is 4.98 Å². The van der Waals surface area contributed by atoms with Crippen LogP contribution in [0, 0.1) is 0 Å². The van der Waals surface area contributed by atoms with Crippen LogP contribution in [0.2, 0.25) is 0 Å². The highest BCUT2D eigenvalue weighted by Gasteiger charge is 2.07. The van der Waals surface area contributed by atoms with Crippen molar-refractivity contribution in [3.63, 3.8) is 0 Å². The van der Waals surface area contributed by atoms with Gasteiger partial charge in [-0.3, -0.25) is 4.79 Å². The Balaban J connectivity index is 1.72. The van der Waals surface area contributed by atoms with Crippen LogP contribution < -0.4 is 16.2 Å². The summed E-state index contributed by atoms with van der Waals surface area (Å²) in [6, 6.07) is 11.8. The summed E-state index contributed by atoms with van der Waals surface area (Å²) in [5, 5.41) is 0. The maximum atomic E-state index is 11.0. The Bertz CT molecular complexity index is 794. The Morgan fingerprint density at radius 1 is 1.19 bits per heavy atom. The molecule has 106 valence electrons. The Labute approximate surface area is 120 Å². The summed E-state index contributed by atoms with van der Waals surface area (Å²) in [5.74, 6) is 0.578. The Morgan fingerprint density at radius 2 is 1.95 bits per heavy atom. The van der Waals surface area contributed by atoms with Crippen molar-refractivity contribution in [2.45, 2.75) is 6.61 Å². The summed E-state index contributed by atoms with van der Waals surface area (Å²) < 4.78 is 11.1.